The molecule has 20 heavy (non-hydrogen) atoms. The topological polar surface area (TPSA) is 124 Å². The van der Waals surface area contributed by atoms with Crippen LogP contribution in [0.4, 0.5) is 17.1 Å². The standard InChI is InChI=1S/C11H9N5O4/c17-15(18)9-1-2-10(11(5-9)16(19)20)13-6-8-3-4-12-7-14-8/h1-5,7,13H,6H2. The van der Waals surface area contributed by atoms with Crippen LogP contribution < -0.4 is 5.32 Å². The van der Waals surface area contributed by atoms with Crippen molar-refractivity contribution in [3.05, 3.63) is 62.7 Å². The molecule has 0 aliphatic carbocycles. The van der Waals surface area contributed by atoms with Gasteiger partial charge in [0.15, 0.2) is 0 Å². The predicted molar refractivity (Wildman–Crippen MR) is 69.1 cm³/mol. The molecule has 0 saturated heterocycles. The summed E-state index contributed by atoms with van der Waals surface area (Å²) in [5.41, 5.74) is 0.157. The lowest BCUT2D eigenvalue weighted by Gasteiger charge is -2.06. The fourth-order valence-electron chi connectivity index (χ4n) is 1.54. The molecule has 1 aromatic heterocycles. The molecule has 0 fully saturated rings. The van der Waals surface area contributed by atoms with Crippen molar-refractivity contribution in [3.63, 3.8) is 0 Å². The number of anilines is 1. The zero-order valence-electron chi connectivity index (χ0n) is 10.1. The Morgan fingerprint density at radius 2 is 1.95 bits per heavy atom. The zero-order chi connectivity index (χ0) is 14.5. The molecule has 0 bridgehead atoms. The molecule has 9 heteroatoms. The van der Waals surface area contributed by atoms with Crippen molar-refractivity contribution >= 4 is 17.1 Å². The average Bonchev–Trinajstić information content (AvgIpc) is 2.45. The minimum Gasteiger partial charge on any atom is -0.374 e. The van der Waals surface area contributed by atoms with E-state index in [1.807, 2.05) is 0 Å². The van der Waals surface area contributed by atoms with Crippen molar-refractivity contribution in [1.29, 1.82) is 0 Å². The molecule has 0 saturated carbocycles. The van der Waals surface area contributed by atoms with Crippen molar-refractivity contribution in [2.45, 2.75) is 6.54 Å². The molecule has 0 radical (unpaired) electrons. The first-order valence-electron chi connectivity index (χ1n) is 5.49. The number of benzene rings is 1. The Labute approximate surface area is 112 Å². The third-order valence-corrected chi connectivity index (χ3v) is 2.49. The first kappa shape index (κ1) is 13.3. The first-order chi connectivity index (χ1) is 9.58. The predicted octanol–water partition coefficient (Wildman–Crippen LogP) is 1.91. The van der Waals surface area contributed by atoms with E-state index in [4.69, 9.17) is 0 Å². The SMILES string of the molecule is O=[N+]([O-])c1ccc(NCc2ccncn2)c([N+](=O)[O-])c1. The van der Waals surface area contributed by atoms with Gasteiger partial charge in [0.2, 0.25) is 0 Å². The normalized spacial score (nSPS) is 10.0. The second kappa shape index (κ2) is 5.69. The summed E-state index contributed by atoms with van der Waals surface area (Å²) in [4.78, 5) is 27.9. The first-order valence-corrected chi connectivity index (χ1v) is 5.49. The number of hydrogen-bond acceptors (Lipinski definition) is 7. The van der Waals surface area contributed by atoms with Crippen molar-refractivity contribution in [3.8, 4) is 0 Å². The Balaban J connectivity index is 2.23. The highest BCUT2D eigenvalue weighted by Crippen LogP contribution is 2.29. The number of hydrogen-bond donors (Lipinski definition) is 1. The highest BCUT2D eigenvalue weighted by Gasteiger charge is 2.19. The number of nitro benzene ring substituents is 2. The monoisotopic (exact) mass is 275 g/mol. The third kappa shape index (κ3) is 3.02. The summed E-state index contributed by atoms with van der Waals surface area (Å²) in [5.74, 6) is 0. The molecule has 0 spiro atoms. The number of rotatable bonds is 5. The molecule has 1 heterocycles. The Morgan fingerprint density at radius 3 is 2.55 bits per heavy atom. The van der Waals surface area contributed by atoms with Crippen LogP contribution in [0.15, 0.2) is 36.8 Å². The van der Waals surface area contributed by atoms with Crippen LogP contribution in [0, 0.1) is 20.2 Å². The summed E-state index contributed by atoms with van der Waals surface area (Å²) in [6.07, 6.45) is 2.91. The van der Waals surface area contributed by atoms with Crippen LogP contribution in [0.3, 0.4) is 0 Å². The van der Waals surface area contributed by atoms with Gasteiger partial charge in [-0.25, -0.2) is 9.97 Å². The lowest BCUT2D eigenvalue weighted by atomic mass is 10.2. The maximum absolute atomic E-state index is 10.9. The minimum atomic E-state index is -0.679. The summed E-state index contributed by atoms with van der Waals surface area (Å²) < 4.78 is 0. The number of nitrogens with zero attached hydrogens (tertiary/aromatic N) is 4. The Hall–Kier alpha value is -3.10. The lowest BCUT2D eigenvalue weighted by molar-refractivity contribution is -0.393. The smallest absolute Gasteiger partial charge is 0.299 e. The highest BCUT2D eigenvalue weighted by molar-refractivity contribution is 5.65. The van der Waals surface area contributed by atoms with Gasteiger partial charge in [-0.3, -0.25) is 20.2 Å². The van der Waals surface area contributed by atoms with Crippen molar-refractivity contribution in [1.82, 2.24) is 9.97 Å². The van der Waals surface area contributed by atoms with Crippen LogP contribution in [0.25, 0.3) is 0 Å². The van der Waals surface area contributed by atoms with Gasteiger partial charge in [0.1, 0.15) is 12.0 Å². The van der Waals surface area contributed by atoms with Gasteiger partial charge in [0, 0.05) is 12.3 Å². The molecule has 9 nitrogen and oxygen atoms in total. The molecule has 1 aromatic carbocycles. The highest BCUT2D eigenvalue weighted by atomic mass is 16.6. The molecule has 0 atom stereocenters. The van der Waals surface area contributed by atoms with Gasteiger partial charge in [-0.2, -0.15) is 0 Å². The van der Waals surface area contributed by atoms with Crippen LogP contribution in [0.5, 0.6) is 0 Å². The van der Waals surface area contributed by atoms with E-state index in [0.29, 0.717) is 5.69 Å². The maximum atomic E-state index is 10.9. The molecular formula is C11H9N5O4. The van der Waals surface area contributed by atoms with Crippen molar-refractivity contribution in [2.24, 2.45) is 0 Å². The second-order valence-electron chi connectivity index (χ2n) is 3.77. The average molecular weight is 275 g/mol. The van der Waals surface area contributed by atoms with Gasteiger partial charge in [-0.05, 0) is 12.1 Å². The largest absolute Gasteiger partial charge is 0.374 e. The number of aromatic nitrogens is 2. The van der Waals surface area contributed by atoms with E-state index in [1.54, 1.807) is 12.3 Å². The quantitative estimate of drug-likeness (QED) is 0.652. The summed E-state index contributed by atoms with van der Waals surface area (Å²) >= 11 is 0. The van der Waals surface area contributed by atoms with Crippen LogP contribution in [0.2, 0.25) is 0 Å². The molecule has 2 rings (SSSR count). The van der Waals surface area contributed by atoms with E-state index in [0.717, 1.165) is 6.07 Å². The second-order valence-corrected chi connectivity index (χ2v) is 3.77. The van der Waals surface area contributed by atoms with Crippen molar-refractivity contribution in [2.75, 3.05) is 5.32 Å². The van der Waals surface area contributed by atoms with Crippen LogP contribution in [0.1, 0.15) is 5.69 Å². The van der Waals surface area contributed by atoms with Gasteiger partial charge in [0.25, 0.3) is 11.4 Å². The van der Waals surface area contributed by atoms with Crippen LogP contribution in [-0.4, -0.2) is 19.8 Å². The van der Waals surface area contributed by atoms with E-state index in [1.165, 1.54) is 18.5 Å². The van der Waals surface area contributed by atoms with Crippen molar-refractivity contribution < 1.29 is 9.85 Å². The van der Waals surface area contributed by atoms with Gasteiger partial charge >= 0.3 is 0 Å². The van der Waals surface area contributed by atoms with E-state index >= 15 is 0 Å². The molecule has 2 aromatic rings. The van der Waals surface area contributed by atoms with Gasteiger partial charge in [-0.15, -0.1) is 0 Å². The molecular weight excluding hydrogens is 266 g/mol. The number of nitrogens with one attached hydrogen (secondary N) is 1. The summed E-state index contributed by atoms with van der Waals surface area (Å²) in [6.45, 7) is 0.251. The van der Waals surface area contributed by atoms with Gasteiger partial charge in [-0.1, -0.05) is 0 Å². The third-order valence-electron chi connectivity index (χ3n) is 2.49. The Bertz CT molecular complexity index is 647. The Morgan fingerprint density at radius 1 is 1.15 bits per heavy atom. The van der Waals surface area contributed by atoms with E-state index in [2.05, 4.69) is 15.3 Å². The van der Waals surface area contributed by atoms with Gasteiger partial charge in [0.05, 0.1) is 28.2 Å². The minimum absolute atomic E-state index is 0.194. The lowest BCUT2D eigenvalue weighted by Crippen LogP contribution is -2.04. The van der Waals surface area contributed by atoms with Crippen LogP contribution >= 0.6 is 0 Å². The molecule has 0 unspecified atom stereocenters. The van der Waals surface area contributed by atoms with E-state index in [9.17, 15) is 20.2 Å². The maximum Gasteiger partial charge on any atom is 0.299 e. The summed E-state index contributed by atoms with van der Waals surface area (Å²) in [7, 11) is 0. The number of non-ortho nitro benzene ring substituents is 1. The Kier molecular flexibility index (Phi) is 3.80. The number of nitro groups is 2. The summed E-state index contributed by atoms with van der Waals surface area (Å²) in [6, 6.07) is 5.08. The molecule has 0 amide bonds. The van der Waals surface area contributed by atoms with Gasteiger partial charge < -0.3 is 5.32 Å². The molecule has 1 N–H and O–H groups in total. The zero-order valence-corrected chi connectivity index (χ0v) is 10.1. The molecule has 0 aliphatic heterocycles. The fourth-order valence-corrected chi connectivity index (χ4v) is 1.54. The summed E-state index contributed by atoms with van der Waals surface area (Å²) in [5, 5.41) is 24.4. The van der Waals surface area contributed by atoms with E-state index in [-0.39, 0.29) is 23.6 Å². The molecule has 102 valence electrons. The van der Waals surface area contributed by atoms with E-state index < -0.39 is 9.85 Å². The molecule has 0 aliphatic rings. The van der Waals surface area contributed by atoms with Crippen LogP contribution in [-0.2, 0) is 6.54 Å². The fraction of sp³-hybridized carbons (Fsp3) is 0.0909.